The minimum Gasteiger partial charge on any atom is -0.405 e. The normalized spacial score (nSPS) is 12.3. The van der Waals surface area contributed by atoms with Crippen LogP contribution < -0.4 is 20.1 Å². The molecule has 0 aliphatic carbocycles. The van der Waals surface area contributed by atoms with Crippen molar-refractivity contribution in [3.63, 3.8) is 0 Å². The van der Waals surface area contributed by atoms with Gasteiger partial charge in [0.15, 0.2) is 5.96 Å². The highest BCUT2D eigenvalue weighted by Gasteiger charge is 2.31. The topological polar surface area (TPSA) is 91.8 Å². The summed E-state index contributed by atoms with van der Waals surface area (Å²) in [7, 11) is -1.70. The minimum absolute atomic E-state index is 0. The molecule has 0 saturated heterocycles. The van der Waals surface area contributed by atoms with E-state index >= 15 is 0 Å². The number of hydrogen-bond donors (Lipinski definition) is 3. The lowest BCUT2D eigenvalue weighted by Gasteiger charge is -2.15. The Hall–Kier alpha value is -1.28. The molecule has 0 aliphatic rings. The van der Waals surface area contributed by atoms with E-state index in [1.54, 1.807) is 13.0 Å². The largest absolute Gasteiger partial charge is 0.573 e. The number of guanidine groups is 1. The van der Waals surface area contributed by atoms with Crippen LogP contribution in [-0.4, -0.2) is 46.6 Å². The summed E-state index contributed by atoms with van der Waals surface area (Å²) in [5.74, 6) is 0.116. The van der Waals surface area contributed by atoms with Crippen LogP contribution in [0.4, 0.5) is 13.2 Å². The highest BCUT2D eigenvalue weighted by atomic mass is 127. The molecule has 0 amide bonds. The number of nitrogens with zero attached hydrogens (tertiary/aromatic N) is 1. The fourth-order valence-corrected chi connectivity index (χ4v) is 2.56. The Labute approximate surface area is 174 Å². The molecule has 0 aromatic heterocycles. The lowest BCUT2D eigenvalue weighted by atomic mass is 10.2. The molecule has 1 aromatic rings. The molecule has 0 radical (unpaired) electrons. The van der Waals surface area contributed by atoms with Crippen LogP contribution in [0, 0.1) is 0 Å². The van der Waals surface area contributed by atoms with Crippen molar-refractivity contribution >= 4 is 40.0 Å². The number of sulfonamides is 1. The Morgan fingerprint density at radius 1 is 1.19 bits per heavy atom. The summed E-state index contributed by atoms with van der Waals surface area (Å²) in [5.41, 5.74) is 0.323. The molecular weight excluding hydrogens is 500 g/mol. The van der Waals surface area contributed by atoms with Crippen molar-refractivity contribution in [3.05, 3.63) is 29.8 Å². The third-order valence-electron chi connectivity index (χ3n) is 3.22. The van der Waals surface area contributed by atoms with E-state index in [0.29, 0.717) is 24.5 Å². The average molecular weight is 524 g/mol. The van der Waals surface area contributed by atoms with Crippen LogP contribution in [0.3, 0.4) is 0 Å². The molecule has 0 saturated carbocycles. The number of nitrogens with one attached hydrogen (secondary N) is 3. The second kappa shape index (κ2) is 12.2. The van der Waals surface area contributed by atoms with E-state index < -0.39 is 16.4 Å². The summed E-state index contributed by atoms with van der Waals surface area (Å²) < 4.78 is 66.2. The maximum absolute atomic E-state index is 12.4. The summed E-state index contributed by atoms with van der Waals surface area (Å²) in [6.07, 6.45) is -4.24. The maximum Gasteiger partial charge on any atom is 0.573 e. The van der Waals surface area contributed by atoms with Crippen molar-refractivity contribution in [1.82, 2.24) is 15.4 Å². The van der Waals surface area contributed by atoms with Gasteiger partial charge in [-0.2, -0.15) is 0 Å². The molecule has 12 heteroatoms. The fraction of sp³-hybridized carbons (Fsp3) is 0.533. The van der Waals surface area contributed by atoms with Crippen molar-refractivity contribution in [1.29, 1.82) is 0 Å². The molecule has 0 heterocycles. The van der Waals surface area contributed by atoms with Gasteiger partial charge < -0.3 is 15.4 Å². The first-order valence-electron chi connectivity index (χ1n) is 7.92. The molecule has 156 valence electrons. The third kappa shape index (κ3) is 11.2. The molecule has 0 unspecified atom stereocenters. The van der Waals surface area contributed by atoms with Gasteiger partial charge in [0, 0.05) is 32.2 Å². The lowest BCUT2D eigenvalue weighted by Crippen LogP contribution is -2.38. The summed E-state index contributed by atoms with van der Waals surface area (Å²) in [6, 6.07) is 5.81. The average Bonchev–Trinajstić information content (AvgIpc) is 2.57. The predicted octanol–water partition coefficient (Wildman–Crippen LogP) is 2.20. The molecule has 0 bridgehead atoms. The first-order chi connectivity index (χ1) is 12.2. The monoisotopic (exact) mass is 524 g/mol. The summed E-state index contributed by atoms with van der Waals surface area (Å²) in [5, 5.41) is 5.84. The van der Waals surface area contributed by atoms with Crippen molar-refractivity contribution in [2.45, 2.75) is 26.3 Å². The molecule has 3 N–H and O–H groups in total. The number of halogens is 4. The van der Waals surface area contributed by atoms with Gasteiger partial charge in [0.1, 0.15) is 5.75 Å². The quantitative estimate of drug-likeness (QED) is 0.200. The number of ether oxygens (including phenoxy) is 1. The maximum atomic E-state index is 12.4. The first-order valence-corrected chi connectivity index (χ1v) is 9.57. The summed E-state index contributed by atoms with van der Waals surface area (Å²) in [6.45, 7) is 2.34. The van der Waals surface area contributed by atoms with Crippen LogP contribution in [0.25, 0.3) is 0 Å². The number of benzene rings is 1. The Balaban J connectivity index is 0.00000676. The Kier molecular flexibility index (Phi) is 11.7. The number of para-hydroxylation sites is 1. The van der Waals surface area contributed by atoms with Gasteiger partial charge in [-0.15, -0.1) is 37.1 Å². The number of hydrogen-bond acceptors (Lipinski definition) is 4. The van der Waals surface area contributed by atoms with Gasteiger partial charge in [-0.3, -0.25) is 4.99 Å². The molecular formula is C15H24F3IN4O3S. The second-order valence-electron chi connectivity index (χ2n) is 5.16. The summed E-state index contributed by atoms with van der Waals surface area (Å²) >= 11 is 0. The fourth-order valence-electron chi connectivity index (χ4n) is 1.90. The number of rotatable bonds is 9. The van der Waals surface area contributed by atoms with Crippen molar-refractivity contribution in [2.24, 2.45) is 4.99 Å². The minimum atomic E-state index is -4.76. The highest BCUT2D eigenvalue weighted by molar-refractivity contribution is 14.0. The van der Waals surface area contributed by atoms with Crippen LogP contribution >= 0.6 is 24.0 Å². The zero-order chi connectivity index (χ0) is 19.6. The van der Waals surface area contributed by atoms with Crippen molar-refractivity contribution in [3.8, 4) is 5.75 Å². The van der Waals surface area contributed by atoms with E-state index in [-0.39, 0.29) is 48.6 Å². The van der Waals surface area contributed by atoms with E-state index in [2.05, 4.69) is 25.1 Å². The van der Waals surface area contributed by atoms with E-state index in [1.165, 1.54) is 25.2 Å². The molecule has 0 atom stereocenters. The SMILES string of the molecule is CCS(=O)(=O)NCCCNC(=NC)NCc1ccccc1OC(F)(F)F.I. The van der Waals surface area contributed by atoms with Crippen LogP contribution in [0.15, 0.2) is 29.3 Å². The van der Waals surface area contributed by atoms with Crippen molar-refractivity contribution in [2.75, 3.05) is 25.9 Å². The standard InChI is InChI=1S/C15H23F3N4O3S.HI/c1-3-26(23,24)22-10-6-9-20-14(19-2)21-11-12-7-4-5-8-13(12)25-15(16,17)18;/h4-5,7-8,22H,3,6,9-11H2,1-2H3,(H2,19,20,21);1H. The lowest BCUT2D eigenvalue weighted by molar-refractivity contribution is -0.274. The Morgan fingerprint density at radius 3 is 2.44 bits per heavy atom. The molecule has 1 aromatic carbocycles. The third-order valence-corrected chi connectivity index (χ3v) is 4.62. The van der Waals surface area contributed by atoms with Gasteiger partial charge in [0.25, 0.3) is 0 Å². The van der Waals surface area contributed by atoms with Gasteiger partial charge in [-0.25, -0.2) is 13.1 Å². The van der Waals surface area contributed by atoms with Gasteiger partial charge >= 0.3 is 6.36 Å². The highest BCUT2D eigenvalue weighted by Crippen LogP contribution is 2.25. The van der Waals surface area contributed by atoms with Crippen LogP contribution in [0.5, 0.6) is 5.75 Å². The molecule has 27 heavy (non-hydrogen) atoms. The number of aliphatic imine (C=N–C) groups is 1. The zero-order valence-corrected chi connectivity index (χ0v) is 18.1. The zero-order valence-electron chi connectivity index (χ0n) is 15.0. The van der Waals surface area contributed by atoms with Crippen molar-refractivity contribution < 1.29 is 26.3 Å². The van der Waals surface area contributed by atoms with Gasteiger partial charge in [-0.1, -0.05) is 18.2 Å². The molecule has 0 fully saturated rings. The van der Waals surface area contributed by atoms with Gasteiger partial charge in [-0.05, 0) is 19.4 Å². The van der Waals surface area contributed by atoms with Crippen LogP contribution in [0.1, 0.15) is 18.9 Å². The Bertz CT molecular complexity index is 700. The van der Waals surface area contributed by atoms with E-state index in [1.807, 2.05) is 0 Å². The Morgan fingerprint density at radius 2 is 1.85 bits per heavy atom. The van der Waals surface area contributed by atoms with Crippen LogP contribution in [-0.2, 0) is 16.6 Å². The van der Waals surface area contributed by atoms with Gasteiger partial charge in [0.2, 0.25) is 10.0 Å². The number of alkyl halides is 3. The molecule has 7 nitrogen and oxygen atoms in total. The van der Waals surface area contributed by atoms with Crippen LogP contribution in [0.2, 0.25) is 0 Å². The van der Waals surface area contributed by atoms with E-state index in [9.17, 15) is 21.6 Å². The first kappa shape index (κ1) is 25.7. The summed E-state index contributed by atoms with van der Waals surface area (Å²) in [4.78, 5) is 3.96. The molecule has 1 rings (SSSR count). The molecule has 0 aliphatic heterocycles. The predicted molar refractivity (Wildman–Crippen MR) is 109 cm³/mol. The van der Waals surface area contributed by atoms with E-state index in [0.717, 1.165) is 0 Å². The smallest absolute Gasteiger partial charge is 0.405 e. The van der Waals surface area contributed by atoms with Gasteiger partial charge in [0.05, 0.1) is 5.75 Å². The second-order valence-corrected chi connectivity index (χ2v) is 7.25. The van der Waals surface area contributed by atoms with E-state index in [4.69, 9.17) is 0 Å². The molecule has 0 spiro atoms.